The number of carbonyl (C=O) groups is 6. The van der Waals surface area contributed by atoms with Gasteiger partial charge in [-0.15, -0.1) is 0 Å². The monoisotopic (exact) mass is 1020 g/mol. The first-order chi connectivity index (χ1) is 36.4. The summed E-state index contributed by atoms with van der Waals surface area (Å²) >= 11 is 0. The van der Waals surface area contributed by atoms with E-state index < -0.39 is 47.0 Å². The summed E-state index contributed by atoms with van der Waals surface area (Å²) in [5.74, 6) is -2.69. The summed E-state index contributed by atoms with van der Waals surface area (Å²) in [5.41, 5.74) is 0.878. The van der Waals surface area contributed by atoms with Gasteiger partial charge in [0.2, 0.25) is 0 Å². The van der Waals surface area contributed by atoms with E-state index in [0.717, 1.165) is 0 Å². The molecule has 0 bridgehead atoms. The van der Waals surface area contributed by atoms with Gasteiger partial charge in [0, 0.05) is 59.4 Å². The SMILES string of the molecule is CC(C)(C)OC(=O)Nc1cccnc1-c1ncccc1NC(=O)c1cc(C(=O)Nc2cccnc2-c2ncccc2NC(=O)OC(C)(C)C)cc(C(=O)Nc2cccnc2-c2ncccc2NC(=O)c2ccccc2)c1. The highest BCUT2D eigenvalue weighted by atomic mass is 16.6. The van der Waals surface area contributed by atoms with E-state index in [9.17, 15) is 28.8 Å². The van der Waals surface area contributed by atoms with Crippen LogP contribution < -0.4 is 31.9 Å². The van der Waals surface area contributed by atoms with Crippen LogP contribution in [0.15, 0.2) is 159 Å². The van der Waals surface area contributed by atoms with Gasteiger partial charge in [0.1, 0.15) is 45.4 Å². The number of nitrogens with one attached hydrogen (secondary N) is 6. The molecule has 0 aliphatic carbocycles. The lowest BCUT2D eigenvalue weighted by Gasteiger charge is -2.20. The molecule has 8 rings (SSSR count). The lowest BCUT2D eigenvalue weighted by molar-refractivity contribution is 0.0624. The van der Waals surface area contributed by atoms with E-state index in [1.165, 1.54) is 55.4 Å². The molecule has 0 atom stereocenters. The molecule has 20 nitrogen and oxygen atoms in total. The zero-order chi connectivity index (χ0) is 54.0. The minimum absolute atomic E-state index is 0.133. The van der Waals surface area contributed by atoms with Gasteiger partial charge < -0.3 is 30.7 Å². The number of amides is 6. The van der Waals surface area contributed by atoms with Crippen LogP contribution in [0.5, 0.6) is 0 Å². The van der Waals surface area contributed by atoms with E-state index >= 15 is 0 Å². The molecule has 8 aromatic rings. The van der Waals surface area contributed by atoms with E-state index in [1.54, 1.807) is 145 Å². The first-order valence-corrected chi connectivity index (χ1v) is 23.6. The van der Waals surface area contributed by atoms with Gasteiger partial charge in [0.05, 0.1) is 34.1 Å². The molecule has 2 aromatic carbocycles. The van der Waals surface area contributed by atoms with Gasteiger partial charge in [-0.25, -0.2) is 9.59 Å². The van der Waals surface area contributed by atoms with Crippen molar-refractivity contribution in [1.29, 1.82) is 0 Å². The van der Waals surface area contributed by atoms with Crippen LogP contribution in [0.25, 0.3) is 34.2 Å². The van der Waals surface area contributed by atoms with Crippen molar-refractivity contribution < 1.29 is 38.2 Å². The Kier molecular flexibility index (Phi) is 15.5. The van der Waals surface area contributed by atoms with Crippen molar-refractivity contribution in [2.75, 3.05) is 31.9 Å². The summed E-state index contributed by atoms with van der Waals surface area (Å²) in [7, 11) is 0. The predicted octanol–water partition coefficient (Wildman–Crippen LogP) is 10.8. The third kappa shape index (κ3) is 13.2. The third-order valence-corrected chi connectivity index (χ3v) is 10.5. The fourth-order valence-corrected chi connectivity index (χ4v) is 7.38. The number of ether oxygens (including phenoxy) is 2. The van der Waals surface area contributed by atoms with Crippen LogP contribution in [0.3, 0.4) is 0 Å². The predicted molar refractivity (Wildman–Crippen MR) is 287 cm³/mol. The zero-order valence-corrected chi connectivity index (χ0v) is 42.0. The number of rotatable bonds is 13. The van der Waals surface area contributed by atoms with E-state index in [4.69, 9.17) is 9.47 Å². The lowest BCUT2D eigenvalue weighted by atomic mass is 10.0. The molecule has 0 aliphatic heterocycles. The number of benzene rings is 2. The molecular formula is C56H50N12O8. The van der Waals surface area contributed by atoms with Crippen LogP contribution in [-0.4, -0.2) is 76.9 Å². The molecule has 6 heterocycles. The molecule has 0 spiro atoms. The number of aromatic nitrogens is 6. The van der Waals surface area contributed by atoms with Gasteiger partial charge in [0.25, 0.3) is 23.6 Å². The van der Waals surface area contributed by atoms with Crippen molar-refractivity contribution >= 4 is 69.9 Å². The largest absolute Gasteiger partial charge is 0.444 e. The van der Waals surface area contributed by atoms with Crippen LogP contribution in [0.2, 0.25) is 0 Å². The summed E-state index contributed by atoms with van der Waals surface area (Å²) in [4.78, 5) is 110. The minimum Gasteiger partial charge on any atom is -0.444 e. The highest BCUT2D eigenvalue weighted by Crippen LogP contribution is 2.34. The van der Waals surface area contributed by atoms with Crippen molar-refractivity contribution in [3.8, 4) is 34.2 Å². The van der Waals surface area contributed by atoms with Gasteiger partial charge in [-0.2, -0.15) is 0 Å². The van der Waals surface area contributed by atoms with Crippen molar-refractivity contribution in [3.05, 3.63) is 181 Å². The van der Waals surface area contributed by atoms with Crippen LogP contribution in [0.1, 0.15) is 83.0 Å². The van der Waals surface area contributed by atoms with Gasteiger partial charge >= 0.3 is 12.2 Å². The number of carbonyl (C=O) groups excluding carboxylic acids is 6. The van der Waals surface area contributed by atoms with Crippen molar-refractivity contribution in [2.45, 2.75) is 52.7 Å². The maximum Gasteiger partial charge on any atom is 0.412 e. The van der Waals surface area contributed by atoms with E-state index in [-0.39, 0.29) is 79.3 Å². The van der Waals surface area contributed by atoms with Crippen molar-refractivity contribution in [3.63, 3.8) is 0 Å². The molecule has 6 aromatic heterocycles. The molecule has 6 N–H and O–H groups in total. The van der Waals surface area contributed by atoms with Crippen LogP contribution in [0.4, 0.5) is 43.7 Å². The standard InChI is InChI=1S/C56H50N12O8/c1-55(2,3)75-53(73)67-41-22-14-28-61-47(41)45-39(20-12-26-59-45)65-51(71)35-30-34(50(70)64-38-19-11-25-58-44(38)43-37(18-10-24-57-43)63-49(69)33-16-8-7-9-17-33)31-36(32-35)52(72)66-40-21-13-27-60-46(40)48-42(23-15-29-62-48)68-54(74)76-56(4,5)6/h7-32H,1-6H3,(H,63,69)(H,64,70)(H,65,71)(H,66,72)(H,67,73)(H,68,74). The highest BCUT2D eigenvalue weighted by molar-refractivity contribution is 6.15. The topological polar surface area (TPSA) is 270 Å². The van der Waals surface area contributed by atoms with Crippen LogP contribution >= 0.6 is 0 Å². The summed E-state index contributed by atoms with van der Waals surface area (Å²) in [6.45, 7) is 10.3. The molecule has 0 saturated heterocycles. The quantitative estimate of drug-likeness (QED) is 0.0627. The second-order valence-corrected chi connectivity index (χ2v) is 18.6. The van der Waals surface area contributed by atoms with Gasteiger partial charge in [-0.1, -0.05) is 18.2 Å². The van der Waals surface area contributed by atoms with E-state index in [1.807, 2.05) is 0 Å². The molecule has 0 unspecified atom stereocenters. The molecule has 0 saturated carbocycles. The van der Waals surface area contributed by atoms with Crippen LogP contribution in [0, 0.1) is 0 Å². The first-order valence-electron chi connectivity index (χ1n) is 23.6. The summed E-state index contributed by atoms with van der Waals surface area (Å²) < 4.78 is 10.9. The lowest BCUT2D eigenvalue weighted by Crippen LogP contribution is -2.27. The molecule has 76 heavy (non-hydrogen) atoms. The molecular weight excluding hydrogens is 969 g/mol. The molecule has 0 radical (unpaired) electrons. The Labute approximate surface area is 436 Å². The van der Waals surface area contributed by atoms with Gasteiger partial charge in [-0.3, -0.25) is 59.7 Å². The Morgan fingerprint density at radius 2 is 0.553 bits per heavy atom. The van der Waals surface area contributed by atoms with Crippen molar-refractivity contribution in [2.24, 2.45) is 0 Å². The fraction of sp³-hybridized carbons (Fsp3) is 0.143. The zero-order valence-electron chi connectivity index (χ0n) is 42.0. The average molecular weight is 1020 g/mol. The van der Waals surface area contributed by atoms with E-state index in [0.29, 0.717) is 11.3 Å². The molecule has 6 amide bonds. The Morgan fingerprint density at radius 1 is 0.316 bits per heavy atom. The van der Waals surface area contributed by atoms with Gasteiger partial charge in [-0.05, 0) is 145 Å². The second kappa shape index (κ2) is 22.7. The Balaban J connectivity index is 1.15. The Morgan fingerprint density at radius 3 is 0.803 bits per heavy atom. The maximum absolute atomic E-state index is 14.6. The second-order valence-electron chi connectivity index (χ2n) is 18.6. The number of hydrogen-bond donors (Lipinski definition) is 6. The summed E-state index contributed by atoms with van der Waals surface area (Å²) in [5, 5.41) is 16.8. The Bertz CT molecular complexity index is 3360. The molecule has 0 fully saturated rings. The maximum atomic E-state index is 14.6. The highest BCUT2D eigenvalue weighted by Gasteiger charge is 2.25. The first kappa shape index (κ1) is 52.1. The Hall–Kier alpha value is -10.2. The molecule has 382 valence electrons. The number of nitrogens with zero attached hydrogens (tertiary/aromatic N) is 6. The van der Waals surface area contributed by atoms with E-state index in [2.05, 4.69) is 61.8 Å². The molecule has 0 aliphatic rings. The number of pyridine rings is 6. The van der Waals surface area contributed by atoms with Crippen LogP contribution in [-0.2, 0) is 9.47 Å². The smallest absolute Gasteiger partial charge is 0.412 e. The summed E-state index contributed by atoms with van der Waals surface area (Å²) in [6, 6.07) is 31.7. The molecule has 20 heteroatoms. The summed E-state index contributed by atoms with van der Waals surface area (Å²) in [6.07, 6.45) is 7.48. The average Bonchev–Trinajstić information content (AvgIpc) is 3.39. The normalized spacial score (nSPS) is 11.1. The minimum atomic E-state index is -0.800. The number of anilines is 6. The number of hydrogen-bond acceptors (Lipinski definition) is 14. The third-order valence-electron chi connectivity index (χ3n) is 10.5. The van der Waals surface area contributed by atoms with Crippen molar-refractivity contribution in [1.82, 2.24) is 29.9 Å². The fourth-order valence-electron chi connectivity index (χ4n) is 7.38. The van der Waals surface area contributed by atoms with Gasteiger partial charge in [0.15, 0.2) is 0 Å².